The third kappa shape index (κ3) is 27.3. The minimum Gasteiger partial charge on any atom is -0.463 e. The van der Waals surface area contributed by atoms with Crippen molar-refractivity contribution in [2.24, 2.45) is 0 Å². The van der Waals surface area contributed by atoms with Crippen molar-refractivity contribution in [2.45, 2.75) is 212 Å². The van der Waals surface area contributed by atoms with Crippen LogP contribution >= 0.6 is 0 Å². The van der Waals surface area contributed by atoms with Crippen molar-refractivity contribution in [3.05, 3.63) is 142 Å². The minimum absolute atomic E-state index is 0. The van der Waals surface area contributed by atoms with Gasteiger partial charge in [-0.05, 0) is 174 Å². The number of amides is 4. The average molecular weight is 1720 g/mol. The van der Waals surface area contributed by atoms with Crippen molar-refractivity contribution in [1.29, 1.82) is 0 Å². The number of fused-ring (bicyclic) bond motifs is 4. The number of aromatic nitrogens is 8. The third-order valence-electron chi connectivity index (χ3n) is 21.0. The van der Waals surface area contributed by atoms with Crippen LogP contribution in [0.25, 0.3) is 0 Å². The zero-order valence-corrected chi connectivity index (χ0v) is 68.6. The first kappa shape index (κ1) is 77.3. The molecule has 8 aliphatic rings. The highest BCUT2D eigenvalue weighted by atomic mass is 16.5. The maximum Gasteiger partial charge on any atom is 0.320 e. The Bertz CT molecular complexity index is 5440. The Morgan fingerprint density at radius 2 is 0.629 bits per heavy atom. The molecule has 8 aromatic rings. The molecule has 0 aliphatic carbocycles. The lowest BCUT2D eigenvalue weighted by molar-refractivity contribution is -0.116. The van der Waals surface area contributed by atoms with Crippen LogP contribution in [0.3, 0.4) is 0 Å². The zero-order chi connectivity index (χ0) is 96.0. The molecule has 124 heavy (non-hydrogen) atoms. The number of nitrogens with two attached hydrogens (primary N) is 4. The topological polar surface area (TPSA) is 386 Å². The van der Waals surface area contributed by atoms with Gasteiger partial charge in [0.15, 0.2) is 46.5 Å². The quantitative estimate of drug-likeness (QED) is 0.0194. The summed E-state index contributed by atoms with van der Waals surface area (Å²) in [7, 11) is 0. The molecule has 16 rings (SSSR count). The first-order chi connectivity index (χ1) is 63.6. The molecule has 0 saturated carbocycles. The van der Waals surface area contributed by atoms with Gasteiger partial charge in [-0.1, -0.05) is 180 Å². The summed E-state index contributed by atoms with van der Waals surface area (Å²) in [5.41, 5.74) is 34.4. The molecule has 4 aromatic heterocycles. The lowest BCUT2D eigenvalue weighted by atomic mass is 10.1. The summed E-state index contributed by atoms with van der Waals surface area (Å²) in [5, 5.41) is 10.8. The van der Waals surface area contributed by atoms with Crippen LogP contribution < -0.4 is 82.7 Å². The molecule has 1 unspecified atom stereocenters. The van der Waals surface area contributed by atoms with Crippen LogP contribution in [0.15, 0.2) is 97.1 Å². The third-order valence-corrected chi connectivity index (χ3v) is 21.0. The fraction of sp³-hybridized carbons (Fsp3) is 0.522. The molecule has 0 spiro atoms. The predicted molar refractivity (Wildman–Crippen MR) is 497 cm³/mol. The normalized spacial score (nSPS) is 18.5. The minimum atomic E-state index is -3.65. The van der Waals surface area contributed by atoms with E-state index >= 15 is 0 Å². The Hall–Kier alpha value is -11.5. The van der Waals surface area contributed by atoms with E-state index in [4.69, 9.17) is 61.1 Å². The standard InChI is InChI=1S/4C22H30N6O2.4CH4/c4*1-2-3-11-30-22-25-20(23)19-21(26-22)28(15-18(29)24-19)14-17-8-6-7-16(12-17)13-27-9-4-5-10-27;;;;/h4*6-8,12H,2-5,9-11,13-15H2,1H3,(H,24,29)(H2,23,25,26);4*1H4/i1D3,2D2,3D2,11D2;11D2;3D2;2D;;;;. The van der Waals surface area contributed by atoms with Gasteiger partial charge < -0.3 is 82.7 Å². The van der Waals surface area contributed by atoms with Crippen molar-refractivity contribution in [3.63, 3.8) is 0 Å². The maximum absolute atomic E-state index is 12.4. The number of carbonyl (C=O) groups is 4. The Kier molecular flexibility index (Phi) is 29.9. The zero-order valence-electron chi connectivity index (χ0n) is 82.6. The molecule has 12 heterocycles. The van der Waals surface area contributed by atoms with Crippen LogP contribution in [0.2, 0.25) is 0 Å². The lowest BCUT2D eigenvalue weighted by Crippen LogP contribution is -2.39. The number of carbonyl (C=O) groups excluding carboxylic acids is 4. The predicted octanol–water partition coefficient (Wildman–Crippen LogP) is 13.7. The second-order valence-electron chi connectivity index (χ2n) is 30.6. The average Bonchev–Trinajstić information content (AvgIpc) is 0.949. The molecule has 32 heteroatoms. The van der Waals surface area contributed by atoms with Gasteiger partial charge in [0.05, 0.1) is 58.0 Å². The van der Waals surface area contributed by atoms with E-state index in [0.29, 0.717) is 80.0 Å². The molecular weight excluding hydrogens is 1570 g/mol. The second-order valence-corrected chi connectivity index (χ2v) is 30.6. The highest BCUT2D eigenvalue weighted by Gasteiger charge is 2.33. The van der Waals surface area contributed by atoms with Gasteiger partial charge in [0.25, 0.3) is 0 Å². The maximum atomic E-state index is 12.4. The Morgan fingerprint density at radius 3 is 0.903 bits per heavy atom. The number of hydrogen-bond donors (Lipinski definition) is 8. The number of nitrogens with zero attached hydrogens (tertiary/aromatic N) is 16. The van der Waals surface area contributed by atoms with Gasteiger partial charge in [-0.2, -0.15) is 39.9 Å². The van der Waals surface area contributed by atoms with Crippen LogP contribution in [-0.2, 0) is 71.5 Å². The number of nitrogen functional groups attached to an aromatic ring is 4. The monoisotopic (exact) mass is 1720 g/mol. The number of nitrogens with one attached hydrogen (secondary N) is 4. The Labute approximate surface area is 753 Å². The summed E-state index contributed by atoms with van der Waals surface area (Å²) in [6, 6.07) is 32.4. The van der Waals surface area contributed by atoms with Crippen LogP contribution in [0, 0.1) is 0 Å². The number of likely N-dealkylation sites (tertiary alicyclic amines) is 4. The summed E-state index contributed by atoms with van der Waals surface area (Å²) in [5.74, 6) is 0.714. The van der Waals surface area contributed by atoms with Gasteiger partial charge in [0, 0.05) is 66.1 Å². The fourth-order valence-electron chi connectivity index (χ4n) is 15.4. The molecule has 32 nitrogen and oxygen atoms in total. The van der Waals surface area contributed by atoms with E-state index in [0.717, 1.165) is 106 Å². The molecule has 0 radical (unpaired) electrons. The Morgan fingerprint density at radius 1 is 0.355 bits per heavy atom. The van der Waals surface area contributed by atoms with Crippen LogP contribution in [0.1, 0.15) is 224 Å². The summed E-state index contributed by atoms with van der Waals surface area (Å²) in [6.07, 6.45) is 2.61. The number of hydrogen-bond acceptors (Lipinski definition) is 28. The lowest BCUT2D eigenvalue weighted by Gasteiger charge is -2.30. The summed E-state index contributed by atoms with van der Waals surface area (Å²) >= 11 is 0. The van der Waals surface area contributed by atoms with Crippen molar-refractivity contribution < 1.29 is 57.3 Å². The number of rotatable bonds is 32. The highest BCUT2D eigenvalue weighted by Crippen LogP contribution is 2.39. The SMILES string of the molecule is C.C.C.C.[2H]C(C)CCOc1nc(N)c2c(n1)N(Cc1cccc(CN3CCCC3)c1)CC(=O)N2.[2H]C([2H])(CC)COc1nc(N)c2c(n1)N(Cc1cccc(CN3CCCC3)c1)CC(=O)N2.[2H]C([2H])(CCC)Oc1nc(N)c2c(n1)N(Cc1cccc(CN3CCCC3)c1)CC(=O)N2.[2H]C([2H])([2H])C([2H])([2H])C([2H])([2H])C([2H])([2H])Oc1nc(N)c2c(n1)N(Cc1cccc(CN3CCCC3)c1)CC(=O)N2. The van der Waals surface area contributed by atoms with E-state index < -0.39 is 45.1 Å². The van der Waals surface area contributed by atoms with E-state index in [-0.39, 0.29) is 158 Å². The van der Waals surface area contributed by atoms with E-state index in [1.54, 1.807) is 18.7 Å². The van der Waals surface area contributed by atoms with Crippen LogP contribution in [-0.4, -0.2) is 188 Å². The van der Waals surface area contributed by atoms with Gasteiger partial charge in [0.1, 0.15) is 22.7 Å². The molecule has 4 fully saturated rings. The fourth-order valence-corrected chi connectivity index (χ4v) is 15.4. The van der Waals surface area contributed by atoms with Crippen LogP contribution in [0.5, 0.6) is 24.0 Å². The summed E-state index contributed by atoms with van der Waals surface area (Å²) in [4.78, 5) is 99.9. The van der Waals surface area contributed by atoms with Crippen molar-refractivity contribution in [2.75, 3.05) is 169 Å². The van der Waals surface area contributed by atoms with Gasteiger partial charge in [0.2, 0.25) is 23.6 Å². The molecule has 0 bridgehead atoms. The van der Waals surface area contributed by atoms with Gasteiger partial charge in [-0.25, -0.2) is 0 Å². The second kappa shape index (κ2) is 48.0. The van der Waals surface area contributed by atoms with E-state index in [1.807, 2.05) is 70.2 Å². The molecule has 4 aromatic carbocycles. The van der Waals surface area contributed by atoms with E-state index in [9.17, 15) is 19.2 Å². The first-order valence-corrected chi connectivity index (χ1v) is 41.3. The highest BCUT2D eigenvalue weighted by molar-refractivity contribution is 6.05. The molecule has 4 amide bonds. The summed E-state index contributed by atoms with van der Waals surface area (Å²) < 4.78 is 130. The summed E-state index contributed by atoms with van der Waals surface area (Å²) in [6.45, 7) is 11.3. The molecular formula is C92H136N24O8. The number of ether oxygens (including phenoxy) is 4. The molecule has 8 aliphatic heterocycles. The van der Waals surface area contributed by atoms with Gasteiger partial charge in [-0.15, -0.1) is 0 Å². The smallest absolute Gasteiger partial charge is 0.320 e. The largest absolute Gasteiger partial charge is 0.463 e. The number of benzene rings is 4. The van der Waals surface area contributed by atoms with Crippen molar-refractivity contribution >= 4 is 92.9 Å². The van der Waals surface area contributed by atoms with Crippen LogP contribution in [0.4, 0.5) is 69.3 Å². The molecule has 1 atom stereocenters. The Balaban J connectivity index is 0.000000205. The van der Waals surface area contributed by atoms with Crippen molar-refractivity contribution in [1.82, 2.24) is 59.5 Å². The number of anilines is 12. The van der Waals surface area contributed by atoms with Gasteiger partial charge in [-0.3, -0.25) is 38.8 Å². The molecule has 4 saturated heterocycles. The van der Waals surface area contributed by atoms with E-state index in [1.165, 1.54) is 68.1 Å². The van der Waals surface area contributed by atoms with Gasteiger partial charge >= 0.3 is 24.0 Å². The van der Waals surface area contributed by atoms with E-state index in [2.05, 4.69) is 129 Å². The molecule has 12 N–H and O–H groups in total. The first-order valence-electron chi connectivity index (χ1n) is 48.4. The van der Waals surface area contributed by atoms with Crippen molar-refractivity contribution in [3.8, 4) is 24.0 Å². The molecule has 672 valence electrons.